The first-order valence-corrected chi connectivity index (χ1v) is 8.93. The zero-order chi connectivity index (χ0) is 18.0. The molecule has 0 aliphatic heterocycles. The molecule has 25 heavy (non-hydrogen) atoms. The number of pyridine rings is 1. The van der Waals surface area contributed by atoms with Crippen LogP contribution in [0, 0.1) is 6.92 Å². The van der Waals surface area contributed by atoms with Gasteiger partial charge in [-0.05, 0) is 19.1 Å². The number of aliphatic hydroxyl groups excluding tert-OH is 1. The van der Waals surface area contributed by atoms with E-state index in [1.165, 1.54) is 7.11 Å². The van der Waals surface area contributed by atoms with E-state index in [-0.39, 0.29) is 12.4 Å². The van der Waals surface area contributed by atoms with Gasteiger partial charge in [0.2, 0.25) is 0 Å². The Morgan fingerprint density at radius 2 is 2.08 bits per heavy atom. The van der Waals surface area contributed by atoms with E-state index in [9.17, 15) is 9.32 Å². The standard InChI is InChI=1S/C17H19N3O4S/c1-10-15(18-7-11(8-21)16(10)24-3)9-25(22)17-19-13-5-4-12(23-2)6-14(13)20-17/h4-7,21H,8-9H2,1-3H3,(H,19,20)/t25-/m1/s1. The lowest BCUT2D eigenvalue weighted by molar-refractivity contribution is 0.272. The molecule has 132 valence electrons. The van der Waals surface area contributed by atoms with Crippen LogP contribution >= 0.6 is 0 Å². The van der Waals surface area contributed by atoms with Crippen LogP contribution in [0.2, 0.25) is 0 Å². The molecule has 2 heterocycles. The van der Waals surface area contributed by atoms with Gasteiger partial charge in [0, 0.05) is 23.4 Å². The first-order valence-electron chi connectivity index (χ1n) is 7.61. The molecule has 0 radical (unpaired) electrons. The summed E-state index contributed by atoms with van der Waals surface area (Å²) in [6, 6.07) is 5.43. The summed E-state index contributed by atoms with van der Waals surface area (Å²) in [7, 11) is 1.74. The molecule has 7 nitrogen and oxygen atoms in total. The Morgan fingerprint density at radius 3 is 2.76 bits per heavy atom. The number of aromatic nitrogens is 3. The molecule has 3 aromatic rings. The van der Waals surface area contributed by atoms with Crippen molar-refractivity contribution in [2.75, 3.05) is 14.2 Å². The van der Waals surface area contributed by atoms with Crippen LogP contribution in [0.5, 0.6) is 11.5 Å². The van der Waals surface area contributed by atoms with Crippen LogP contribution in [0.1, 0.15) is 16.8 Å². The smallest absolute Gasteiger partial charge is 0.197 e. The first kappa shape index (κ1) is 17.4. The zero-order valence-electron chi connectivity index (χ0n) is 14.2. The highest BCUT2D eigenvalue weighted by Crippen LogP contribution is 2.27. The summed E-state index contributed by atoms with van der Waals surface area (Å²) in [5.41, 5.74) is 3.50. The van der Waals surface area contributed by atoms with Gasteiger partial charge in [0.15, 0.2) is 5.16 Å². The van der Waals surface area contributed by atoms with Gasteiger partial charge >= 0.3 is 0 Å². The summed E-state index contributed by atoms with van der Waals surface area (Å²) < 4.78 is 23.2. The lowest BCUT2D eigenvalue weighted by Gasteiger charge is -2.12. The molecule has 0 fully saturated rings. The van der Waals surface area contributed by atoms with Crippen LogP contribution in [0.25, 0.3) is 11.0 Å². The normalized spacial score (nSPS) is 12.3. The van der Waals surface area contributed by atoms with Crippen molar-refractivity contribution in [1.82, 2.24) is 15.0 Å². The second kappa shape index (κ2) is 7.20. The molecule has 0 unspecified atom stereocenters. The summed E-state index contributed by atoms with van der Waals surface area (Å²) >= 11 is 0. The van der Waals surface area contributed by atoms with Gasteiger partial charge in [-0.2, -0.15) is 0 Å². The number of nitrogens with zero attached hydrogens (tertiary/aromatic N) is 2. The maximum atomic E-state index is 12.7. The Labute approximate surface area is 147 Å². The maximum absolute atomic E-state index is 12.7. The number of aliphatic hydroxyl groups is 1. The molecular formula is C17H19N3O4S. The minimum atomic E-state index is -1.39. The number of nitrogens with one attached hydrogen (secondary N) is 1. The van der Waals surface area contributed by atoms with Gasteiger partial charge in [0.25, 0.3) is 0 Å². The number of hydrogen-bond acceptors (Lipinski definition) is 6. The third-order valence-electron chi connectivity index (χ3n) is 3.97. The Hall–Kier alpha value is -2.45. The number of benzene rings is 1. The summed E-state index contributed by atoms with van der Waals surface area (Å²) in [5.74, 6) is 1.47. The molecular weight excluding hydrogens is 342 g/mol. The quantitative estimate of drug-likeness (QED) is 0.698. The van der Waals surface area contributed by atoms with Crippen molar-refractivity contribution in [3.8, 4) is 11.5 Å². The average Bonchev–Trinajstić information content (AvgIpc) is 3.06. The van der Waals surface area contributed by atoms with Crippen LogP contribution < -0.4 is 9.47 Å². The Kier molecular flexibility index (Phi) is 5.00. The number of aromatic amines is 1. The Morgan fingerprint density at radius 1 is 1.28 bits per heavy atom. The van der Waals surface area contributed by atoms with Crippen molar-refractivity contribution in [1.29, 1.82) is 0 Å². The number of rotatable bonds is 6. The van der Waals surface area contributed by atoms with E-state index in [2.05, 4.69) is 15.0 Å². The summed E-state index contributed by atoms with van der Waals surface area (Å²) in [4.78, 5) is 11.8. The minimum Gasteiger partial charge on any atom is -0.497 e. The van der Waals surface area contributed by atoms with Crippen LogP contribution in [0.3, 0.4) is 0 Å². The monoisotopic (exact) mass is 361 g/mol. The molecule has 0 aliphatic carbocycles. The topological polar surface area (TPSA) is 97.3 Å². The fraction of sp³-hybridized carbons (Fsp3) is 0.294. The van der Waals surface area contributed by atoms with Crippen molar-refractivity contribution in [2.24, 2.45) is 0 Å². The van der Waals surface area contributed by atoms with Crippen molar-refractivity contribution in [3.05, 3.63) is 41.2 Å². The van der Waals surface area contributed by atoms with E-state index in [1.54, 1.807) is 19.4 Å². The van der Waals surface area contributed by atoms with Gasteiger partial charge in [-0.1, -0.05) is 0 Å². The van der Waals surface area contributed by atoms with E-state index in [0.717, 1.165) is 16.6 Å². The number of fused-ring (bicyclic) bond motifs is 1. The minimum absolute atomic E-state index is 0.161. The van der Waals surface area contributed by atoms with Gasteiger partial charge in [0.05, 0.1) is 54.1 Å². The molecule has 0 saturated carbocycles. The molecule has 0 spiro atoms. The molecule has 0 bridgehead atoms. The SMILES string of the molecule is COc1ccc2nc([S@](=O)Cc3ncc(CO)c(OC)c3C)[nH]c2c1. The van der Waals surface area contributed by atoms with Crippen LogP contribution in [-0.4, -0.2) is 38.5 Å². The van der Waals surface area contributed by atoms with Gasteiger partial charge in [-0.3, -0.25) is 9.19 Å². The van der Waals surface area contributed by atoms with Gasteiger partial charge in [-0.15, -0.1) is 0 Å². The van der Waals surface area contributed by atoms with Crippen molar-refractivity contribution < 1.29 is 18.8 Å². The molecule has 0 aliphatic rings. The Bertz CT molecular complexity index is 939. The third-order valence-corrected chi connectivity index (χ3v) is 5.13. The fourth-order valence-electron chi connectivity index (χ4n) is 2.62. The molecule has 3 rings (SSSR count). The highest BCUT2D eigenvalue weighted by molar-refractivity contribution is 7.84. The number of hydrogen-bond donors (Lipinski definition) is 2. The second-order valence-electron chi connectivity index (χ2n) is 5.46. The molecule has 0 amide bonds. The van der Waals surface area contributed by atoms with E-state index in [1.807, 2.05) is 19.1 Å². The number of methoxy groups -OCH3 is 2. The first-order chi connectivity index (χ1) is 12.1. The van der Waals surface area contributed by atoms with Crippen LogP contribution in [0.4, 0.5) is 0 Å². The zero-order valence-corrected chi connectivity index (χ0v) is 15.0. The van der Waals surface area contributed by atoms with Crippen LogP contribution in [0.15, 0.2) is 29.6 Å². The number of imidazole rings is 1. The molecule has 2 aromatic heterocycles. The average molecular weight is 361 g/mol. The van der Waals surface area contributed by atoms with E-state index in [4.69, 9.17) is 9.47 Å². The molecule has 8 heteroatoms. The largest absolute Gasteiger partial charge is 0.497 e. The highest BCUT2D eigenvalue weighted by Gasteiger charge is 2.17. The molecule has 0 saturated heterocycles. The van der Waals surface area contributed by atoms with E-state index >= 15 is 0 Å². The van der Waals surface area contributed by atoms with Crippen LogP contribution in [-0.2, 0) is 23.2 Å². The Balaban J connectivity index is 1.90. The lowest BCUT2D eigenvalue weighted by Crippen LogP contribution is -2.06. The van der Waals surface area contributed by atoms with Gasteiger partial charge < -0.3 is 19.6 Å². The lowest BCUT2D eigenvalue weighted by atomic mass is 10.1. The predicted molar refractivity (Wildman–Crippen MR) is 94.2 cm³/mol. The molecule has 1 atom stereocenters. The molecule has 1 aromatic carbocycles. The van der Waals surface area contributed by atoms with Crippen molar-refractivity contribution in [2.45, 2.75) is 24.4 Å². The third kappa shape index (κ3) is 3.35. The van der Waals surface area contributed by atoms with Crippen molar-refractivity contribution in [3.63, 3.8) is 0 Å². The summed E-state index contributed by atoms with van der Waals surface area (Å²) in [5, 5.41) is 9.73. The second-order valence-corrected chi connectivity index (χ2v) is 6.83. The molecule has 2 N–H and O–H groups in total. The summed E-state index contributed by atoms with van der Waals surface area (Å²) in [6.07, 6.45) is 1.54. The maximum Gasteiger partial charge on any atom is 0.197 e. The predicted octanol–water partition coefficient (Wildman–Crippen LogP) is 2.08. The van der Waals surface area contributed by atoms with Gasteiger partial charge in [-0.25, -0.2) is 4.98 Å². The highest BCUT2D eigenvalue weighted by atomic mass is 32.2. The van der Waals surface area contributed by atoms with E-state index in [0.29, 0.717) is 27.9 Å². The van der Waals surface area contributed by atoms with Gasteiger partial charge in [0.1, 0.15) is 11.5 Å². The summed E-state index contributed by atoms with van der Waals surface area (Å²) in [6.45, 7) is 1.67. The van der Waals surface area contributed by atoms with E-state index < -0.39 is 10.8 Å². The van der Waals surface area contributed by atoms with Crippen molar-refractivity contribution >= 4 is 21.8 Å². The fourth-order valence-corrected chi connectivity index (χ4v) is 3.72. The number of ether oxygens (including phenoxy) is 2. The number of H-pyrrole nitrogens is 1.